The summed E-state index contributed by atoms with van der Waals surface area (Å²) in [6.07, 6.45) is 3.75. The van der Waals surface area contributed by atoms with Gasteiger partial charge in [-0.1, -0.05) is 12.8 Å². The van der Waals surface area contributed by atoms with E-state index in [0.717, 1.165) is 19.3 Å². The van der Waals surface area contributed by atoms with Crippen LogP contribution in [0.25, 0.3) is 0 Å². The molecule has 0 aromatic rings. The van der Waals surface area contributed by atoms with Crippen molar-refractivity contribution in [2.75, 3.05) is 13.1 Å². The van der Waals surface area contributed by atoms with Gasteiger partial charge in [-0.2, -0.15) is 9.59 Å². The number of hydrogen-bond acceptors (Lipinski definition) is 3. The first-order valence-corrected chi connectivity index (χ1v) is 7.59. The van der Waals surface area contributed by atoms with Gasteiger partial charge in [-0.15, -0.1) is 4.48 Å². The molecule has 2 amide bonds. The highest BCUT2D eigenvalue weighted by atomic mass is 16.6. The number of fused-ring (bicyclic) bond motifs is 1. The highest BCUT2D eigenvalue weighted by Crippen LogP contribution is 2.39. The number of carbonyl (C=O) groups is 2. The summed E-state index contributed by atoms with van der Waals surface area (Å²) < 4.78 is 4.83. The van der Waals surface area contributed by atoms with Gasteiger partial charge < -0.3 is 9.84 Å². The molecule has 114 valence electrons. The van der Waals surface area contributed by atoms with Crippen LogP contribution in [0.4, 0.5) is 9.59 Å². The molecule has 2 fully saturated rings. The molecule has 0 aromatic carbocycles. The summed E-state index contributed by atoms with van der Waals surface area (Å²) in [6.45, 7) is 6.09. The summed E-state index contributed by atoms with van der Waals surface area (Å²) in [5.41, 5.74) is -0.652. The average molecular weight is 284 g/mol. The fourth-order valence-electron chi connectivity index (χ4n) is 3.55. The van der Waals surface area contributed by atoms with E-state index in [9.17, 15) is 14.7 Å². The predicted molar refractivity (Wildman–Crippen MR) is 74.3 cm³/mol. The van der Waals surface area contributed by atoms with E-state index in [1.54, 1.807) is 20.8 Å². The van der Waals surface area contributed by atoms with Gasteiger partial charge in [0.05, 0.1) is 6.54 Å². The zero-order valence-corrected chi connectivity index (χ0v) is 12.7. The summed E-state index contributed by atoms with van der Waals surface area (Å²) >= 11 is 0. The van der Waals surface area contributed by atoms with E-state index in [4.69, 9.17) is 4.74 Å². The number of quaternary nitrogens is 1. The Morgan fingerprint density at radius 1 is 1.10 bits per heavy atom. The standard InChI is InChI=1S/C15H25NO4/c1-15(2,3)20-14(19)16(13(17)18)9-8-11-6-4-5-7-12(11)10-16/h11-12H,4-10H2,1-3H3/p+1/t11-,12+,16?/m1/s1. The topological polar surface area (TPSA) is 63.6 Å². The number of nitrogens with zero attached hydrogens (tertiary/aromatic N) is 1. The van der Waals surface area contributed by atoms with E-state index in [2.05, 4.69) is 0 Å². The van der Waals surface area contributed by atoms with Gasteiger partial charge in [-0.25, -0.2) is 0 Å². The third kappa shape index (κ3) is 2.97. The zero-order chi connectivity index (χ0) is 15.0. The van der Waals surface area contributed by atoms with E-state index in [0.29, 0.717) is 24.9 Å². The van der Waals surface area contributed by atoms with Crippen LogP contribution in [0.2, 0.25) is 0 Å². The van der Waals surface area contributed by atoms with Crippen LogP contribution in [0.1, 0.15) is 52.9 Å². The average Bonchev–Trinajstić information content (AvgIpc) is 2.35. The van der Waals surface area contributed by atoms with Crippen molar-refractivity contribution in [2.24, 2.45) is 11.8 Å². The molecule has 2 rings (SSSR count). The van der Waals surface area contributed by atoms with Crippen molar-refractivity contribution in [3.63, 3.8) is 0 Å². The number of ether oxygens (including phenoxy) is 1. The molecule has 0 radical (unpaired) electrons. The van der Waals surface area contributed by atoms with Crippen molar-refractivity contribution in [3.8, 4) is 0 Å². The number of imide groups is 1. The molecule has 1 heterocycles. The van der Waals surface area contributed by atoms with Crippen LogP contribution in [-0.2, 0) is 4.74 Å². The number of piperidine rings is 1. The maximum absolute atomic E-state index is 12.4. The van der Waals surface area contributed by atoms with Gasteiger partial charge >= 0.3 is 12.2 Å². The fraction of sp³-hybridized carbons (Fsp3) is 0.867. The Hall–Kier alpha value is -1.10. The fourth-order valence-corrected chi connectivity index (χ4v) is 3.55. The summed E-state index contributed by atoms with van der Waals surface area (Å²) in [6, 6.07) is 0. The lowest BCUT2D eigenvalue weighted by Crippen LogP contribution is -2.63. The Balaban J connectivity index is 2.18. The number of rotatable bonds is 0. The van der Waals surface area contributed by atoms with Crippen molar-refractivity contribution in [1.82, 2.24) is 0 Å². The van der Waals surface area contributed by atoms with Crippen LogP contribution < -0.4 is 0 Å². The number of carbonyl (C=O) groups excluding carboxylic acids is 1. The molecule has 1 saturated heterocycles. The SMILES string of the molecule is CC(C)(C)OC(=O)[N+]1(C(=O)O)CC[C@H]2CCCC[C@H]2C1. The van der Waals surface area contributed by atoms with E-state index in [1.165, 1.54) is 12.8 Å². The first-order valence-electron chi connectivity index (χ1n) is 7.59. The molecular formula is C15H26NO4+. The summed E-state index contributed by atoms with van der Waals surface area (Å²) in [7, 11) is 0. The zero-order valence-electron chi connectivity index (χ0n) is 12.7. The predicted octanol–water partition coefficient (Wildman–Crippen LogP) is 3.63. The van der Waals surface area contributed by atoms with E-state index < -0.39 is 22.3 Å². The third-order valence-electron chi connectivity index (χ3n) is 4.60. The van der Waals surface area contributed by atoms with E-state index in [1.807, 2.05) is 0 Å². The summed E-state index contributed by atoms with van der Waals surface area (Å²) in [4.78, 5) is 24.2. The molecule has 0 bridgehead atoms. The maximum atomic E-state index is 12.4. The van der Waals surface area contributed by atoms with Crippen molar-refractivity contribution in [1.29, 1.82) is 0 Å². The Bertz CT molecular complexity index is 401. The molecule has 1 N–H and O–H groups in total. The van der Waals surface area contributed by atoms with E-state index >= 15 is 0 Å². The monoisotopic (exact) mass is 284 g/mol. The first-order chi connectivity index (χ1) is 9.24. The second-order valence-electron chi connectivity index (χ2n) is 7.23. The van der Waals surface area contributed by atoms with Crippen LogP contribution in [0, 0.1) is 11.8 Å². The lowest BCUT2D eigenvalue weighted by Gasteiger charge is -2.43. The Morgan fingerprint density at radius 2 is 1.70 bits per heavy atom. The van der Waals surface area contributed by atoms with Crippen LogP contribution in [-0.4, -0.2) is 40.5 Å². The van der Waals surface area contributed by atoms with Crippen molar-refractivity contribution >= 4 is 12.2 Å². The normalized spacial score (nSPS) is 34.1. The van der Waals surface area contributed by atoms with Crippen molar-refractivity contribution in [3.05, 3.63) is 0 Å². The van der Waals surface area contributed by atoms with Crippen molar-refractivity contribution < 1.29 is 23.9 Å². The van der Waals surface area contributed by atoms with Gasteiger partial charge in [0.2, 0.25) is 0 Å². The van der Waals surface area contributed by atoms with Gasteiger partial charge in [0.25, 0.3) is 0 Å². The molecule has 5 nitrogen and oxygen atoms in total. The number of carboxylic acid groups (broad SMARTS) is 1. The molecule has 1 saturated carbocycles. The minimum absolute atomic E-state index is 0.348. The molecule has 5 heteroatoms. The molecule has 20 heavy (non-hydrogen) atoms. The number of likely N-dealkylation sites (tertiary alicyclic amines) is 1. The Kier molecular flexibility index (Phi) is 4.09. The van der Waals surface area contributed by atoms with Crippen LogP contribution in [0.15, 0.2) is 0 Å². The molecule has 0 aromatic heterocycles. The molecule has 1 aliphatic heterocycles. The molecule has 0 spiro atoms. The number of amides is 2. The van der Waals surface area contributed by atoms with Gasteiger partial charge in [-0.05, 0) is 39.5 Å². The lowest BCUT2D eigenvalue weighted by atomic mass is 9.74. The molecule has 1 unspecified atom stereocenters. The van der Waals surface area contributed by atoms with Crippen LogP contribution in [0.3, 0.4) is 0 Å². The van der Waals surface area contributed by atoms with Crippen molar-refractivity contribution in [2.45, 2.75) is 58.5 Å². The van der Waals surface area contributed by atoms with Gasteiger partial charge in [0, 0.05) is 12.3 Å². The maximum Gasteiger partial charge on any atom is 0.527 e. The summed E-state index contributed by atoms with van der Waals surface area (Å²) in [5.74, 6) is 0.943. The van der Waals surface area contributed by atoms with Gasteiger partial charge in [0.15, 0.2) is 0 Å². The highest BCUT2D eigenvalue weighted by Gasteiger charge is 2.54. The Morgan fingerprint density at radius 3 is 2.25 bits per heavy atom. The molecular weight excluding hydrogens is 258 g/mol. The second-order valence-corrected chi connectivity index (χ2v) is 7.23. The third-order valence-corrected chi connectivity index (χ3v) is 4.60. The van der Waals surface area contributed by atoms with Crippen LogP contribution >= 0.6 is 0 Å². The first kappa shape index (κ1) is 15.3. The minimum atomic E-state index is -1.07. The van der Waals surface area contributed by atoms with Gasteiger partial charge in [0.1, 0.15) is 12.1 Å². The minimum Gasteiger partial charge on any atom is -0.435 e. The Labute approximate surface area is 120 Å². The smallest absolute Gasteiger partial charge is 0.435 e. The van der Waals surface area contributed by atoms with Gasteiger partial charge in [-0.3, -0.25) is 0 Å². The second kappa shape index (κ2) is 5.35. The largest absolute Gasteiger partial charge is 0.527 e. The summed E-state index contributed by atoms with van der Waals surface area (Å²) in [5, 5.41) is 9.62. The van der Waals surface area contributed by atoms with Crippen LogP contribution in [0.5, 0.6) is 0 Å². The number of hydrogen-bond donors (Lipinski definition) is 1. The quantitative estimate of drug-likeness (QED) is 0.690. The lowest BCUT2D eigenvalue weighted by molar-refractivity contribution is -0.798. The van der Waals surface area contributed by atoms with E-state index in [-0.39, 0.29) is 0 Å². The molecule has 3 atom stereocenters. The molecule has 1 aliphatic carbocycles. The highest BCUT2D eigenvalue weighted by molar-refractivity contribution is 5.75. The molecule has 2 aliphatic rings.